The number of ether oxygens (including phenoxy) is 2. The fraction of sp³-hybridized carbons (Fsp3) is 0.600. The Morgan fingerprint density at radius 1 is 1.23 bits per heavy atom. The summed E-state index contributed by atoms with van der Waals surface area (Å²) in [4.78, 5) is 25.5. The zero-order valence-corrected chi connectivity index (χ0v) is 18.8. The predicted octanol–water partition coefficient (Wildman–Crippen LogP) is 2.84. The predicted molar refractivity (Wildman–Crippen MR) is 110 cm³/mol. The Bertz CT molecular complexity index is 903. The first-order valence-corrected chi connectivity index (χ1v) is 11.5. The van der Waals surface area contributed by atoms with Crippen LogP contribution in [0, 0.1) is 0 Å². The molecular weight excluding hydrogens is 415 g/mol. The molecule has 1 aromatic carbocycles. The van der Waals surface area contributed by atoms with Crippen molar-refractivity contribution >= 4 is 27.6 Å². The van der Waals surface area contributed by atoms with Crippen LogP contribution >= 0.6 is 0 Å². The largest absolute Gasteiger partial charge is 0.465 e. The number of halogens is 1. The molecule has 0 spiro atoms. The zero-order chi connectivity index (χ0) is 22.7. The second-order valence-electron chi connectivity index (χ2n) is 8.29. The van der Waals surface area contributed by atoms with E-state index in [1.54, 1.807) is 25.7 Å². The lowest BCUT2D eigenvalue weighted by atomic mass is 10.0. The van der Waals surface area contributed by atoms with Crippen LogP contribution in [0.3, 0.4) is 0 Å². The third-order valence-electron chi connectivity index (χ3n) is 4.65. The quantitative estimate of drug-likeness (QED) is 0.697. The number of nitrogens with one attached hydrogen (secondary N) is 1. The lowest BCUT2D eigenvalue weighted by Crippen LogP contribution is -2.46. The van der Waals surface area contributed by atoms with Crippen molar-refractivity contribution < 1.29 is 31.9 Å². The third kappa shape index (κ3) is 6.07. The number of carbonyl (C=O) groups is 2. The second-order valence-corrected chi connectivity index (χ2v) is 10.3. The fourth-order valence-corrected chi connectivity index (χ4v) is 4.32. The first-order valence-electron chi connectivity index (χ1n) is 9.61. The van der Waals surface area contributed by atoms with Crippen LogP contribution in [0.5, 0.6) is 0 Å². The molecule has 1 N–H and O–H groups in total. The molecule has 0 saturated carbocycles. The number of nitrogens with zero attached hydrogens (tertiary/aromatic N) is 1. The monoisotopic (exact) mass is 444 g/mol. The molecule has 1 aromatic rings. The van der Waals surface area contributed by atoms with E-state index in [9.17, 15) is 22.4 Å². The van der Waals surface area contributed by atoms with E-state index in [2.05, 4.69) is 10.1 Å². The molecule has 30 heavy (non-hydrogen) atoms. The number of benzene rings is 1. The van der Waals surface area contributed by atoms with Gasteiger partial charge in [0.25, 0.3) is 0 Å². The second kappa shape index (κ2) is 9.20. The molecule has 1 fully saturated rings. The minimum absolute atomic E-state index is 0.0178. The van der Waals surface area contributed by atoms with Crippen molar-refractivity contribution in [3.63, 3.8) is 0 Å². The number of anilines is 1. The summed E-state index contributed by atoms with van der Waals surface area (Å²) in [5, 5.41) is 2.81. The van der Waals surface area contributed by atoms with E-state index in [0.29, 0.717) is 25.9 Å². The van der Waals surface area contributed by atoms with Crippen molar-refractivity contribution in [2.45, 2.75) is 56.8 Å². The van der Waals surface area contributed by atoms with E-state index in [-0.39, 0.29) is 27.8 Å². The number of carbonyl (C=O) groups excluding carboxylic acids is 2. The van der Waals surface area contributed by atoms with Gasteiger partial charge in [0.1, 0.15) is 12.3 Å². The van der Waals surface area contributed by atoms with Gasteiger partial charge in [0.2, 0.25) is 0 Å². The molecule has 0 aromatic heterocycles. The average Bonchev–Trinajstić information content (AvgIpc) is 2.64. The maximum absolute atomic E-state index is 13.8. The average molecular weight is 445 g/mol. The van der Waals surface area contributed by atoms with Crippen molar-refractivity contribution in [3.05, 3.63) is 23.3 Å². The Kier molecular flexibility index (Phi) is 7.33. The highest BCUT2D eigenvalue weighted by molar-refractivity contribution is 7.90. The Balaban J connectivity index is 2.26. The molecule has 1 aliphatic heterocycles. The molecule has 0 aliphatic carbocycles. The maximum atomic E-state index is 13.8. The smallest absolute Gasteiger partial charge is 0.407 e. The van der Waals surface area contributed by atoms with Crippen molar-refractivity contribution in [1.29, 1.82) is 0 Å². The molecule has 1 amide bonds. The van der Waals surface area contributed by atoms with Crippen LogP contribution in [0.2, 0.25) is 0 Å². The molecule has 10 heteroatoms. The zero-order valence-electron chi connectivity index (χ0n) is 18.0. The van der Waals surface area contributed by atoms with Crippen LogP contribution in [0.4, 0.5) is 14.9 Å². The number of piperidine rings is 1. The molecule has 0 atom stereocenters. The summed E-state index contributed by atoms with van der Waals surface area (Å²) in [5.41, 5.74) is -0.261. The van der Waals surface area contributed by atoms with E-state index in [1.165, 1.54) is 19.2 Å². The van der Waals surface area contributed by atoms with Gasteiger partial charge in [-0.2, -0.15) is 0 Å². The number of sulfone groups is 1. The van der Waals surface area contributed by atoms with Crippen LogP contribution < -0.4 is 10.2 Å². The van der Waals surface area contributed by atoms with Crippen molar-refractivity contribution in [2.24, 2.45) is 0 Å². The summed E-state index contributed by atoms with van der Waals surface area (Å²) < 4.78 is 48.5. The van der Waals surface area contributed by atoms with Gasteiger partial charge in [-0.15, -0.1) is 0 Å². The highest BCUT2D eigenvalue weighted by Crippen LogP contribution is 2.34. The van der Waals surface area contributed by atoms with Crippen molar-refractivity contribution in [1.82, 2.24) is 5.32 Å². The van der Waals surface area contributed by atoms with Crippen molar-refractivity contribution in [2.75, 3.05) is 31.4 Å². The van der Waals surface area contributed by atoms with Crippen LogP contribution in [-0.4, -0.2) is 58.6 Å². The normalized spacial score (nSPS) is 15.6. The summed E-state index contributed by atoms with van der Waals surface area (Å²) in [6.45, 7) is 5.22. The van der Waals surface area contributed by atoms with Gasteiger partial charge in [0.15, 0.2) is 9.84 Å². The van der Waals surface area contributed by atoms with Gasteiger partial charge in [-0.05, 0) is 45.7 Å². The molecule has 0 bridgehead atoms. The van der Waals surface area contributed by atoms with Gasteiger partial charge in [-0.3, -0.25) is 0 Å². The van der Waals surface area contributed by atoms with Crippen molar-refractivity contribution in [3.8, 4) is 0 Å². The summed E-state index contributed by atoms with van der Waals surface area (Å²) in [6, 6.07) is 2.41. The molecule has 2 rings (SSSR count). The van der Waals surface area contributed by atoms with E-state index in [1.807, 2.05) is 0 Å². The standard InChI is InChI=1S/C20H29FN2O6S/c1-20(2,3)29-19(25)22-15-6-8-23(9-7-15)17-14(12-21)10-13(18(24)28-4)11-16(17)30(5,26)27/h10-11,15H,6-9,12H2,1-5H3,(H,22,25). The summed E-state index contributed by atoms with van der Waals surface area (Å²) in [6.07, 6.45) is 1.58. The SMILES string of the molecule is COC(=O)c1cc(CF)c(N2CCC(NC(=O)OC(C)(C)C)CC2)c(S(C)(=O)=O)c1. The molecular formula is C20H29FN2O6S. The van der Waals surface area contributed by atoms with Crippen LogP contribution in [-0.2, 0) is 26.0 Å². The molecule has 1 saturated heterocycles. The van der Waals surface area contributed by atoms with Crippen LogP contribution in [0.25, 0.3) is 0 Å². The lowest BCUT2D eigenvalue weighted by molar-refractivity contribution is 0.0496. The van der Waals surface area contributed by atoms with Gasteiger partial charge in [0, 0.05) is 31.0 Å². The first kappa shape index (κ1) is 23.9. The van der Waals surface area contributed by atoms with Gasteiger partial charge >= 0.3 is 12.1 Å². The van der Waals surface area contributed by atoms with Crippen LogP contribution in [0.1, 0.15) is 49.5 Å². The summed E-state index contributed by atoms with van der Waals surface area (Å²) in [5.74, 6) is -0.735. The number of methoxy groups -OCH3 is 1. The number of esters is 1. The summed E-state index contributed by atoms with van der Waals surface area (Å²) >= 11 is 0. The van der Waals surface area contributed by atoms with Gasteiger partial charge < -0.3 is 19.7 Å². The Morgan fingerprint density at radius 2 is 1.83 bits per heavy atom. The fourth-order valence-electron chi connectivity index (χ4n) is 3.37. The van der Waals surface area contributed by atoms with E-state index in [4.69, 9.17) is 4.74 Å². The maximum Gasteiger partial charge on any atom is 0.407 e. The van der Waals surface area contributed by atoms with Gasteiger partial charge in [-0.1, -0.05) is 0 Å². The molecule has 0 radical (unpaired) electrons. The van der Waals surface area contributed by atoms with E-state index >= 15 is 0 Å². The van der Waals surface area contributed by atoms with Gasteiger partial charge in [0.05, 0.1) is 23.3 Å². The lowest BCUT2D eigenvalue weighted by Gasteiger charge is -2.36. The van der Waals surface area contributed by atoms with Gasteiger partial charge in [-0.25, -0.2) is 22.4 Å². The molecule has 8 nitrogen and oxygen atoms in total. The molecule has 0 unspecified atom stereocenters. The Morgan fingerprint density at radius 3 is 2.30 bits per heavy atom. The number of alkyl carbamates (subject to hydrolysis) is 1. The third-order valence-corrected chi connectivity index (χ3v) is 5.76. The Hall–Kier alpha value is -2.36. The summed E-state index contributed by atoms with van der Waals surface area (Å²) in [7, 11) is -2.56. The first-order chi connectivity index (χ1) is 13.9. The molecule has 1 heterocycles. The Labute approximate surface area is 176 Å². The highest BCUT2D eigenvalue weighted by atomic mass is 32.2. The molecule has 168 valence electrons. The van der Waals surface area contributed by atoms with E-state index < -0.39 is 34.2 Å². The number of alkyl halides is 1. The highest BCUT2D eigenvalue weighted by Gasteiger charge is 2.29. The number of hydrogen-bond acceptors (Lipinski definition) is 7. The van der Waals surface area contributed by atoms with Crippen LogP contribution in [0.15, 0.2) is 17.0 Å². The number of hydrogen-bond donors (Lipinski definition) is 1. The topological polar surface area (TPSA) is 102 Å². The molecule has 1 aliphatic rings. The number of amides is 1. The van der Waals surface area contributed by atoms with E-state index in [0.717, 1.165) is 6.26 Å². The number of rotatable bonds is 5. The minimum atomic E-state index is -3.74. The minimum Gasteiger partial charge on any atom is -0.465 e.